The van der Waals surface area contributed by atoms with E-state index >= 15 is 0 Å². The van der Waals surface area contributed by atoms with Crippen LogP contribution in [-0.4, -0.2) is 53.5 Å². The SMILES string of the molecule is CCC[C@@H]1[C@]23CC[C@@]45C#CC[C@H](CCC6CCCCC6)CC[C@]6(C[C@@H]7CC[C@H](C[C@]1(O)O[C@H]2Cc1ccc(CCOC)cc1)[C@@]3(CO)[C@]74C)[C@@H]1C[C@](C)(C(=O)O)CC[C@]1(C)CC[C@@]65C. The molecule has 15 atom stereocenters. The number of aliphatic hydroxyl groups is 2. The summed E-state index contributed by atoms with van der Waals surface area (Å²) in [5.41, 5.74) is 0.178. The molecule has 354 valence electrons. The summed E-state index contributed by atoms with van der Waals surface area (Å²) in [5, 5.41) is 37.1. The van der Waals surface area contributed by atoms with E-state index in [0.717, 1.165) is 102 Å². The van der Waals surface area contributed by atoms with E-state index in [-0.39, 0.29) is 51.6 Å². The molecular weight excluding hydrogens is 793 g/mol. The molecule has 2 spiro atoms. The number of ether oxygens (including phenoxy) is 2. The molecule has 1 aromatic rings. The Kier molecular flexibility index (Phi) is 11.5. The lowest BCUT2D eigenvalue weighted by Gasteiger charge is -2.85. The summed E-state index contributed by atoms with van der Waals surface area (Å²) >= 11 is 0. The summed E-state index contributed by atoms with van der Waals surface area (Å²) in [6, 6.07) is 9.06. The summed E-state index contributed by atoms with van der Waals surface area (Å²) in [6.45, 7) is 13.1. The minimum atomic E-state index is -1.20. The zero-order chi connectivity index (χ0) is 45.0. The van der Waals surface area contributed by atoms with Crippen LogP contribution in [0.3, 0.4) is 0 Å². The number of carboxylic acids is 1. The topological polar surface area (TPSA) is 96.2 Å². The van der Waals surface area contributed by atoms with Crippen LogP contribution in [0.25, 0.3) is 0 Å². The summed E-state index contributed by atoms with van der Waals surface area (Å²) in [6.07, 6.45) is 26.7. The van der Waals surface area contributed by atoms with Crippen molar-refractivity contribution in [2.75, 3.05) is 20.3 Å². The molecule has 1 aromatic carbocycles. The van der Waals surface area contributed by atoms with Gasteiger partial charge >= 0.3 is 5.97 Å². The molecular formula is C58H86O6. The van der Waals surface area contributed by atoms with Gasteiger partial charge in [0.15, 0.2) is 5.79 Å². The van der Waals surface area contributed by atoms with E-state index < -0.39 is 28.0 Å². The van der Waals surface area contributed by atoms with E-state index in [1.165, 1.54) is 68.9 Å². The lowest BCUT2D eigenvalue weighted by Crippen LogP contribution is -2.82. The van der Waals surface area contributed by atoms with E-state index in [1.54, 1.807) is 7.11 Å². The van der Waals surface area contributed by atoms with Gasteiger partial charge in [0, 0.05) is 42.1 Å². The second-order valence-corrected chi connectivity index (χ2v) is 25.5. The Morgan fingerprint density at radius 2 is 1.53 bits per heavy atom. The van der Waals surface area contributed by atoms with Crippen LogP contribution in [0.15, 0.2) is 24.3 Å². The van der Waals surface area contributed by atoms with E-state index in [9.17, 15) is 20.1 Å². The predicted octanol–water partition coefficient (Wildman–Crippen LogP) is 12.4. The Labute approximate surface area is 387 Å². The van der Waals surface area contributed by atoms with Crippen LogP contribution in [-0.2, 0) is 27.1 Å². The molecule has 0 radical (unpaired) electrons. The van der Waals surface area contributed by atoms with Crippen molar-refractivity contribution in [3.05, 3.63) is 35.4 Å². The van der Waals surface area contributed by atoms with Crippen LogP contribution >= 0.6 is 0 Å². The van der Waals surface area contributed by atoms with Crippen LogP contribution in [0.5, 0.6) is 0 Å². The van der Waals surface area contributed by atoms with E-state index in [2.05, 4.69) is 70.7 Å². The molecule has 7 saturated carbocycles. The number of rotatable bonds is 12. The highest BCUT2D eigenvalue weighted by Gasteiger charge is 2.89. The number of aliphatic carboxylic acids is 1. The van der Waals surface area contributed by atoms with E-state index in [1.807, 2.05) is 0 Å². The molecule has 8 fully saturated rings. The number of hydrogen-bond acceptors (Lipinski definition) is 5. The predicted molar refractivity (Wildman–Crippen MR) is 253 cm³/mol. The number of fused-ring (bicyclic) bond motifs is 2. The normalized spacial score (nSPS) is 49.2. The molecule has 10 rings (SSSR count). The number of hydrogen-bond donors (Lipinski definition) is 3. The molecule has 64 heavy (non-hydrogen) atoms. The standard InChI is InChI=1S/C58H86O6/c1-7-12-46-56-33-32-55-26-11-15-41(17-16-40-13-9-8-10-14-40)24-27-54(47-38-51(3,49(60)61)29-28-50(47,2)30-31-52(54,55)4)36-44-22-23-45(57(56,39-59)53(44,55)5)37-58(46,62)64-48(56)35-43-20-18-42(19-21-43)25-34-63-6/h18-21,40-41,44-48,59,62H,7-10,12-17,22-25,27-39H2,1-6H3,(H,60,61)/t41-,44+,45-,46-,47-,48+,50-,51-,52+,53-,54+,55-,56-,57+,58+/m1/s1. The first-order valence-corrected chi connectivity index (χ1v) is 26.9. The Morgan fingerprint density at radius 1 is 0.812 bits per heavy atom. The Bertz CT molecular complexity index is 1980. The fourth-order valence-corrected chi connectivity index (χ4v) is 20.4. The number of benzene rings is 1. The molecule has 1 aliphatic heterocycles. The maximum absolute atomic E-state index is 13.4. The van der Waals surface area contributed by atoms with Gasteiger partial charge in [0.25, 0.3) is 0 Å². The van der Waals surface area contributed by atoms with Crippen molar-refractivity contribution < 1.29 is 29.6 Å². The van der Waals surface area contributed by atoms with Crippen molar-refractivity contribution in [1.82, 2.24) is 0 Å². The fraction of sp³-hybridized carbons (Fsp3) is 0.845. The third-order valence-electron chi connectivity index (χ3n) is 23.6. The fourth-order valence-electron chi connectivity index (χ4n) is 20.4. The van der Waals surface area contributed by atoms with Crippen LogP contribution in [0.1, 0.15) is 193 Å². The van der Waals surface area contributed by atoms with Gasteiger partial charge in [-0.1, -0.05) is 103 Å². The molecule has 0 aromatic heterocycles. The maximum atomic E-state index is 13.4. The quantitative estimate of drug-likeness (QED) is 0.181. The van der Waals surface area contributed by atoms with Crippen LogP contribution < -0.4 is 0 Å². The third kappa shape index (κ3) is 5.99. The van der Waals surface area contributed by atoms with Gasteiger partial charge in [-0.25, -0.2) is 0 Å². The van der Waals surface area contributed by atoms with Crippen molar-refractivity contribution in [1.29, 1.82) is 0 Å². The zero-order valence-electron chi connectivity index (χ0n) is 41.0. The molecule has 6 heteroatoms. The second-order valence-electron chi connectivity index (χ2n) is 25.5. The van der Waals surface area contributed by atoms with Crippen molar-refractivity contribution in [3.8, 4) is 11.8 Å². The van der Waals surface area contributed by atoms with Gasteiger partial charge in [-0.05, 0) is 172 Å². The van der Waals surface area contributed by atoms with Gasteiger partial charge in [-0.15, -0.1) is 5.92 Å². The molecule has 8 aliphatic carbocycles. The number of aliphatic hydroxyl groups excluding tert-OH is 1. The van der Waals surface area contributed by atoms with E-state index in [0.29, 0.717) is 30.8 Å². The van der Waals surface area contributed by atoms with E-state index in [4.69, 9.17) is 9.47 Å². The minimum Gasteiger partial charge on any atom is -0.481 e. The van der Waals surface area contributed by atoms with Gasteiger partial charge in [-0.3, -0.25) is 4.79 Å². The molecule has 0 amide bonds. The summed E-state index contributed by atoms with van der Waals surface area (Å²) < 4.78 is 12.8. The molecule has 1 saturated heterocycles. The number of carboxylic acid groups (broad SMARTS) is 1. The first-order chi connectivity index (χ1) is 30.6. The Morgan fingerprint density at radius 3 is 2.25 bits per heavy atom. The Hall–Kier alpha value is -1.91. The lowest BCUT2D eigenvalue weighted by atomic mass is 9.18. The van der Waals surface area contributed by atoms with Crippen molar-refractivity contribution >= 4 is 5.97 Å². The van der Waals surface area contributed by atoms with Crippen molar-refractivity contribution in [2.24, 2.45) is 78.8 Å². The Balaban J connectivity index is 1.14. The van der Waals surface area contributed by atoms with Gasteiger partial charge in [-0.2, -0.15) is 0 Å². The monoisotopic (exact) mass is 879 g/mol. The third-order valence-corrected chi connectivity index (χ3v) is 23.6. The summed E-state index contributed by atoms with van der Waals surface area (Å²) in [7, 11) is 1.76. The smallest absolute Gasteiger partial charge is 0.309 e. The van der Waals surface area contributed by atoms with Gasteiger partial charge in [0.1, 0.15) is 0 Å². The van der Waals surface area contributed by atoms with Crippen LogP contribution in [0, 0.1) is 90.7 Å². The first kappa shape index (κ1) is 45.9. The molecule has 6 nitrogen and oxygen atoms in total. The zero-order valence-corrected chi connectivity index (χ0v) is 41.0. The molecule has 4 bridgehead atoms. The summed E-state index contributed by atoms with van der Waals surface area (Å²) in [5.74, 6) is 9.02. The second kappa shape index (κ2) is 16.1. The largest absolute Gasteiger partial charge is 0.481 e. The lowest BCUT2D eigenvalue weighted by molar-refractivity contribution is -0.380. The minimum absolute atomic E-state index is 0.0359. The first-order valence-electron chi connectivity index (χ1n) is 26.9. The molecule has 3 N–H and O–H groups in total. The molecule has 9 aliphatic rings. The number of carbonyl (C=O) groups is 1. The van der Waals surface area contributed by atoms with Crippen LogP contribution in [0.2, 0.25) is 0 Å². The molecule has 1 heterocycles. The highest BCUT2D eigenvalue weighted by Crippen LogP contribution is 2.91. The van der Waals surface area contributed by atoms with Gasteiger partial charge in [0.2, 0.25) is 0 Å². The van der Waals surface area contributed by atoms with Crippen molar-refractivity contribution in [2.45, 2.75) is 207 Å². The van der Waals surface area contributed by atoms with Gasteiger partial charge < -0.3 is 24.8 Å². The summed E-state index contributed by atoms with van der Waals surface area (Å²) in [4.78, 5) is 13.4. The number of methoxy groups -OCH3 is 1. The average molecular weight is 879 g/mol. The maximum Gasteiger partial charge on any atom is 0.309 e. The average Bonchev–Trinajstić information content (AvgIpc) is 3.46. The van der Waals surface area contributed by atoms with Gasteiger partial charge in [0.05, 0.1) is 24.7 Å². The molecule has 0 unspecified atom stereocenters. The highest BCUT2D eigenvalue weighted by atomic mass is 16.6. The van der Waals surface area contributed by atoms with Crippen LogP contribution in [0.4, 0.5) is 0 Å². The highest BCUT2D eigenvalue weighted by molar-refractivity contribution is 5.74. The van der Waals surface area contributed by atoms with Crippen molar-refractivity contribution in [3.63, 3.8) is 0 Å².